The average molecular weight is 441 g/mol. The van der Waals surface area contributed by atoms with Gasteiger partial charge in [0, 0.05) is 44.3 Å². The molecule has 1 amide bonds. The molecule has 1 aromatic carbocycles. The molecule has 2 aliphatic rings. The first-order valence-electron chi connectivity index (χ1n) is 11.0. The highest BCUT2D eigenvalue weighted by atomic mass is 16.5. The van der Waals surface area contributed by atoms with E-state index in [2.05, 4.69) is 20.0 Å². The van der Waals surface area contributed by atoms with Crippen LogP contribution in [0.5, 0.6) is 0 Å². The standard InChI is InChI=1S/C24H23N7O2/c1-16-7-8-21(31-10-4-9-26-31)23(27-16)24(32)30-14-17-12-29(13-18(15-30)33-17)22-11-25-19-5-2-3-6-20(19)28-22/h2-11,17-18H,12-15H2,1H3. The summed E-state index contributed by atoms with van der Waals surface area (Å²) in [6.45, 7) is 4.20. The van der Waals surface area contributed by atoms with Crippen molar-refractivity contribution in [2.75, 3.05) is 31.1 Å². The molecule has 0 N–H and O–H groups in total. The van der Waals surface area contributed by atoms with Crippen molar-refractivity contribution < 1.29 is 9.53 Å². The third-order valence-electron chi connectivity index (χ3n) is 6.10. The number of ether oxygens (including phenoxy) is 1. The van der Waals surface area contributed by atoms with E-state index in [0.29, 0.717) is 37.6 Å². The molecule has 5 heterocycles. The van der Waals surface area contributed by atoms with Crippen LogP contribution in [-0.2, 0) is 4.74 Å². The van der Waals surface area contributed by atoms with E-state index in [0.717, 1.165) is 22.5 Å². The number of morpholine rings is 2. The van der Waals surface area contributed by atoms with Gasteiger partial charge in [0.2, 0.25) is 0 Å². The third-order valence-corrected chi connectivity index (χ3v) is 6.10. The fourth-order valence-electron chi connectivity index (χ4n) is 4.60. The SMILES string of the molecule is Cc1ccc(-n2cccn2)c(C(=O)N2CC3CN(c4cnc5ccccc5n4)CC(C2)O3)n1. The molecule has 2 saturated heterocycles. The molecule has 3 aromatic heterocycles. The lowest BCUT2D eigenvalue weighted by molar-refractivity contribution is -0.0848. The number of amides is 1. The summed E-state index contributed by atoms with van der Waals surface area (Å²) in [6, 6.07) is 13.5. The van der Waals surface area contributed by atoms with Gasteiger partial charge < -0.3 is 14.5 Å². The minimum atomic E-state index is -0.104. The van der Waals surface area contributed by atoms with Gasteiger partial charge in [0.05, 0.1) is 35.1 Å². The van der Waals surface area contributed by atoms with Crippen LogP contribution in [0.15, 0.2) is 61.1 Å². The van der Waals surface area contributed by atoms with Gasteiger partial charge in [-0.25, -0.2) is 14.6 Å². The molecule has 33 heavy (non-hydrogen) atoms. The van der Waals surface area contributed by atoms with E-state index in [1.807, 2.05) is 66.7 Å². The summed E-state index contributed by atoms with van der Waals surface area (Å²) in [5.74, 6) is 0.745. The van der Waals surface area contributed by atoms with Crippen LogP contribution in [0.3, 0.4) is 0 Å². The topological polar surface area (TPSA) is 89.3 Å². The van der Waals surface area contributed by atoms with Crippen LogP contribution in [0, 0.1) is 6.92 Å². The summed E-state index contributed by atoms with van der Waals surface area (Å²) in [4.78, 5) is 31.5. The van der Waals surface area contributed by atoms with Crippen molar-refractivity contribution in [1.82, 2.24) is 29.6 Å². The summed E-state index contributed by atoms with van der Waals surface area (Å²) in [5.41, 5.74) is 3.64. The van der Waals surface area contributed by atoms with E-state index >= 15 is 0 Å². The molecular weight excluding hydrogens is 418 g/mol. The Kier molecular flexibility index (Phi) is 4.76. The lowest BCUT2D eigenvalue weighted by Gasteiger charge is -2.46. The van der Waals surface area contributed by atoms with Gasteiger partial charge in [0.15, 0.2) is 5.69 Å². The molecule has 2 bridgehead atoms. The summed E-state index contributed by atoms with van der Waals surface area (Å²) in [7, 11) is 0. The first-order valence-corrected chi connectivity index (χ1v) is 11.0. The monoisotopic (exact) mass is 441 g/mol. The Labute approximate surface area is 190 Å². The lowest BCUT2D eigenvalue weighted by Crippen LogP contribution is -2.61. The normalized spacial score (nSPS) is 20.3. The number of aryl methyl sites for hydroxylation is 1. The summed E-state index contributed by atoms with van der Waals surface area (Å²) >= 11 is 0. The quantitative estimate of drug-likeness (QED) is 0.482. The molecule has 2 atom stereocenters. The number of carbonyl (C=O) groups is 1. The minimum absolute atomic E-state index is 0.0959. The second-order valence-electron chi connectivity index (χ2n) is 8.48. The van der Waals surface area contributed by atoms with Crippen molar-refractivity contribution in [3.8, 4) is 5.69 Å². The molecule has 6 rings (SSSR count). The average Bonchev–Trinajstić information content (AvgIpc) is 3.37. The molecule has 0 saturated carbocycles. The Bertz CT molecular complexity index is 1310. The van der Waals surface area contributed by atoms with Gasteiger partial charge in [-0.05, 0) is 37.3 Å². The van der Waals surface area contributed by atoms with Crippen LogP contribution >= 0.6 is 0 Å². The second kappa shape index (κ2) is 7.93. The zero-order valence-electron chi connectivity index (χ0n) is 18.2. The van der Waals surface area contributed by atoms with Gasteiger partial charge in [0.25, 0.3) is 5.91 Å². The maximum Gasteiger partial charge on any atom is 0.274 e. The number of rotatable bonds is 3. The van der Waals surface area contributed by atoms with E-state index < -0.39 is 0 Å². The summed E-state index contributed by atoms with van der Waals surface area (Å²) in [6.07, 6.45) is 5.12. The largest absolute Gasteiger partial charge is 0.368 e. The second-order valence-corrected chi connectivity index (χ2v) is 8.48. The van der Waals surface area contributed by atoms with Gasteiger partial charge >= 0.3 is 0 Å². The predicted molar refractivity (Wildman–Crippen MR) is 122 cm³/mol. The van der Waals surface area contributed by atoms with E-state index in [4.69, 9.17) is 9.72 Å². The number of aromatic nitrogens is 5. The highest BCUT2D eigenvalue weighted by Gasteiger charge is 2.38. The Morgan fingerprint density at radius 2 is 1.76 bits per heavy atom. The smallest absolute Gasteiger partial charge is 0.274 e. The zero-order valence-corrected chi connectivity index (χ0v) is 18.2. The van der Waals surface area contributed by atoms with Crippen molar-refractivity contribution in [2.24, 2.45) is 0 Å². The van der Waals surface area contributed by atoms with Crippen LogP contribution < -0.4 is 4.90 Å². The van der Waals surface area contributed by atoms with Crippen LogP contribution in [0.25, 0.3) is 16.7 Å². The van der Waals surface area contributed by atoms with Crippen molar-refractivity contribution in [3.05, 3.63) is 72.4 Å². The molecule has 166 valence electrons. The maximum absolute atomic E-state index is 13.5. The van der Waals surface area contributed by atoms with Gasteiger partial charge in [-0.15, -0.1) is 0 Å². The van der Waals surface area contributed by atoms with Gasteiger partial charge in [-0.3, -0.25) is 9.78 Å². The number of fused-ring (bicyclic) bond motifs is 3. The Balaban J connectivity index is 1.23. The van der Waals surface area contributed by atoms with Crippen molar-refractivity contribution in [1.29, 1.82) is 0 Å². The molecule has 0 radical (unpaired) electrons. The highest BCUT2D eigenvalue weighted by Crippen LogP contribution is 2.26. The number of benzene rings is 1. The molecule has 4 aromatic rings. The van der Waals surface area contributed by atoms with E-state index in [-0.39, 0.29) is 18.1 Å². The van der Waals surface area contributed by atoms with Gasteiger partial charge in [0.1, 0.15) is 5.82 Å². The number of anilines is 1. The number of hydrogen-bond donors (Lipinski definition) is 0. The van der Waals surface area contributed by atoms with Crippen LogP contribution in [0.4, 0.5) is 5.82 Å². The number of carbonyl (C=O) groups excluding carboxylic acids is 1. The molecule has 0 spiro atoms. The van der Waals surface area contributed by atoms with Crippen LogP contribution in [0.1, 0.15) is 16.2 Å². The van der Waals surface area contributed by atoms with E-state index in [1.165, 1.54) is 0 Å². The molecule has 9 heteroatoms. The molecule has 2 aliphatic heterocycles. The lowest BCUT2D eigenvalue weighted by atomic mass is 10.1. The summed E-state index contributed by atoms with van der Waals surface area (Å²) in [5, 5.41) is 4.29. The predicted octanol–water partition coefficient (Wildman–Crippen LogP) is 2.25. The first-order chi connectivity index (χ1) is 16.1. The molecule has 2 fully saturated rings. The van der Waals surface area contributed by atoms with Crippen LogP contribution in [-0.4, -0.2) is 73.9 Å². The van der Waals surface area contributed by atoms with Crippen molar-refractivity contribution in [3.63, 3.8) is 0 Å². The number of para-hydroxylation sites is 2. The summed E-state index contributed by atoms with van der Waals surface area (Å²) < 4.78 is 7.86. The zero-order chi connectivity index (χ0) is 22.4. The third kappa shape index (κ3) is 3.70. The fourth-order valence-corrected chi connectivity index (χ4v) is 4.60. The van der Waals surface area contributed by atoms with E-state index in [1.54, 1.807) is 10.9 Å². The number of nitrogens with zero attached hydrogens (tertiary/aromatic N) is 7. The highest BCUT2D eigenvalue weighted by molar-refractivity contribution is 5.96. The molecule has 0 aliphatic carbocycles. The van der Waals surface area contributed by atoms with E-state index in [9.17, 15) is 4.79 Å². The number of pyridine rings is 1. The van der Waals surface area contributed by atoms with Gasteiger partial charge in [-0.2, -0.15) is 5.10 Å². The van der Waals surface area contributed by atoms with Crippen molar-refractivity contribution >= 4 is 22.8 Å². The van der Waals surface area contributed by atoms with Crippen LogP contribution in [0.2, 0.25) is 0 Å². The van der Waals surface area contributed by atoms with Gasteiger partial charge in [-0.1, -0.05) is 12.1 Å². The minimum Gasteiger partial charge on any atom is -0.368 e. The molecular formula is C24H23N7O2. The Morgan fingerprint density at radius 3 is 2.52 bits per heavy atom. The molecule has 9 nitrogen and oxygen atoms in total. The Hall–Kier alpha value is -3.85. The first kappa shape index (κ1) is 19.8. The fraction of sp³-hybridized carbons (Fsp3) is 0.292. The maximum atomic E-state index is 13.5. The number of hydrogen-bond acceptors (Lipinski definition) is 7. The molecule has 2 unspecified atom stereocenters. The van der Waals surface area contributed by atoms with Crippen molar-refractivity contribution in [2.45, 2.75) is 19.1 Å². The Morgan fingerprint density at radius 1 is 0.970 bits per heavy atom.